The summed E-state index contributed by atoms with van der Waals surface area (Å²) in [5, 5.41) is 11.8. The number of carbonyl (C=O) groups is 1. The molecule has 29 heavy (non-hydrogen) atoms. The Balaban J connectivity index is 1.83. The third-order valence-electron chi connectivity index (χ3n) is 5.05. The Kier molecular flexibility index (Phi) is 4.26. The van der Waals surface area contributed by atoms with E-state index < -0.39 is 24.2 Å². The van der Waals surface area contributed by atoms with Gasteiger partial charge in [-0.05, 0) is 19.1 Å². The third kappa shape index (κ3) is 3.63. The van der Waals surface area contributed by atoms with Crippen molar-refractivity contribution in [2.24, 2.45) is 0 Å². The number of aromatic amines is 1. The molecule has 2 heterocycles. The minimum Gasteiger partial charge on any atom is -0.478 e. The molecule has 1 fully saturated rings. The van der Waals surface area contributed by atoms with E-state index in [9.17, 15) is 23.1 Å². The molecular formula is C19H19F3N5O2+. The van der Waals surface area contributed by atoms with Gasteiger partial charge >= 0.3 is 12.1 Å². The number of anilines is 1. The number of quaternary nitrogens is 1. The van der Waals surface area contributed by atoms with Crippen LogP contribution in [0.15, 0.2) is 24.3 Å². The molecule has 152 valence electrons. The maximum atomic E-state index is 12.6. The van der Waals surface area contributed by atoms with Crippen LogP contribution in [0.2, 0.25) is 0 Å². The molecule has 1 aliphatic carbocycles. The number of halogens is 3. The number of H-pyrrole nitrogens is 1. The van der Waals surface area contributed by atoms with Crippen LogP contribution in [0.4, 0.5) is 19.0 Å². The molecule has 1 aliphatic rings. The second-order valence-electron chi connectivity index (χ2n) is 7.36. The van der Waals surface area contributed by atoms with Crippen molar-refractivity contribution in [1.82, 2.24) is 15.0 Å². The van der Waals surface area contributed by atoms with Gasteiger partial charge in [0.25, 0.3) is 0 Å². The van der Waals surface area contributed by atoms with E-state index in [1.807, 2.05) is 0 Å². The van der Waals surface area contributed by atoms with Crippen molar-refractivity contribution in [3.05, 3.63) is 41.2 Å². The highest BCUT2D eigenvalue weighted by atomic mass is 19.4. The third-order valence-corrected chi connectivity index (χ3v) is 5.05. The minimum absolute atomic E-state index is 0.0309. The maximum Gasteiger partial charge on any atom is 0.405 e. The number of fused-ring (bicyclic) bond motifs is 1. The van der Waals surface area contributed by atoms with E-state index >= 15 is 0 Å². The first-order chi connectivity index (χ1) is 13.6. The molecule has 2 aromatic heterocycles. The van der Waals surface area contributed by atoms with Crippen molar-refractivity contribution in [3.63, 3.8) is 0 Å². The lowest BCUT2D eigenvalue weighted by Gasteiger charge is -2.12. The number of aryl methyl sites for hydroxylation is 1. The Labute approximate surface area is 163 Å². The van der Waals surface area contributed by atoms with Crippen LogP contribution in [-0.2, 0) is 5.54 Å². The number of nitrogens with one attached hydrogen (secondary N) is 2. The van der Waals surface area contributed by atoms with E-state index in [1.54, 1.807) is 25.1 Å². The molecule has 0 saturated heterocycles. The number of alkyl halides is 3. The van der Waals surface area contributed by atoms with E-state index in [0.29, 0.717) is 33.7 Å². The average molecular weight is 406 g/mol. The van der Waals surface area contributed by atoms with E-state index in [2.05, 4.69) is 26.0 Å². The first-order valence-corrected chi connectivity index (χ1v) is 8.98. The van der Waals surface area contributed by atoms with Crippen LogP contribution in [0.1, 0.15) is 34.6 Å². The van der Waals surface area contributed by atoms with Gasteiger partial charge in [0, 0.05) is 24.1 Å². The quantitative estimate of drug-likeness (QED) is 0.520. The van der Waals surface area contributed by atoms with Gasteiger partial charge < -0.3 is 21.1 Å². The minimum atomic E-state index is -4.39. The second kappa shape index (κ2) is 6.45. The molecule has 7 nitrogen and oxygen atoms in total. The summed E-state index contributed by atoms with van der Waals surface area (Å²) in [5.74, 6) is -1.03. The SMILES string of the molecule is Cc1nc2cccc(-c3cc(C(=O)O)c(C4([NH3+])CC4)[nH]3)c2nc1NCC(F)(F)F. The Bertz CT molecular complexity index is 1120. The number of para-hydroxylation sites is 1. The number of hydrogen-bond acceptors (Lipinski definition) is 4. The summed E-state index contributed by atoms with van der Waals surface area (Å²) < 4.78 is 37.8. The van der Waals surface area contributed by atoms with E-state index in [1.165, 1.54) is 6.07 Å². The normalized spacial score (nSPS) is 15.5. The molecule has 3 aromatic rings. The smallest absolute Gasteiger partial charge is 0.405 e. The zero-order chi connectivity index (χ0) is 21.0. The molecule has 6 N–H and O–H groups in total. The molecule has 0 spiro atoms. The van der Waals surface area contributed by atoms with Gasteiger partial charge in [0.05, 0.1) is 22.5 Å². The maximum absolute atomic E-state index is 12.6. The monoisotopic (exact) mass is 406 g/mol. The molecule has 10 heteroatoms. The molecule has 4 rings (SSSR count). The summed E-state index contributed by atoms with van der Waals surface area (Å²) in [6.07, 6.45) is -2.82. The van der Waals surface area contributed by atoms with Gasteiger partial charge in [-0.3, -0.25) is 0 Å². The highest BCUT2D eigenvalue weighted by Crippen LogP contribution is 2.43. The number of hydrogen-bond donors (Lipinski definition) is 4. The van der Waals surface area contributed by atoms with Crippen molar-refractivity contribution in [1.29, 1.82) is 0 Å². The van der Waals surface area contributed by atoms with E-state index in [-0.39, 0.29) is 11.4 Å². The van der Waals surface area contributed by atoms with Gasteiger partial charge in [0.15, 0.2) is 0 Å². The Morgan fingerprint density at radius 3 is 2.69 bits per heavy atom. The second-order valence-corrected chi connectivity index (χ2v) is 7.36. The van der Waals surface area contributed by atoms with Gasteiger partial charge in [-0.15, -0.1) is 0 Å². The summed E-state index contributed by atoms with van der Waals surface area (Å²) >= 11 is 0. The molecule has 0 bridgehead atoms. The van der Waals surface area contributed by atoms with Crippen LogP contribution in [-0.4, -0.2) is 38.7 Å². The average Bonchev–Trinajstić information content (AvgIpc) is 3.22. The van der Waals surface area contributed by atoms with E-state index in [0.717, 1.165) is 12.8 Å². The Hall–Kier alpha value is -3.14. The van der Waals surface area contributed by atoms with Crippen molar-refractivity contribution < 1.29 is 28.8 Å². The number of carboxylic acid groups (broad SMARTS) is 1. The fraction of sp³-hybridized carbons (Fsp3) is 0.316. The van der Waals surface area contributed by atoms with Crippen molar-refractivity contribution in [2.45, 2.75) is 31.5 Å². The molecule has 0 radical (unpaired) electrons. The Morgan fingerprint density at radius 1 is 1.34 bits per heavy atom. The fourth-order valence-electron chi connectivity index (χ4n) is 3.32. The molecular weight excluding hydrogens is 387 g/mol. The van der Waals surface area contributed by atoms with Crippen LogP contribution < -0.4 is 11.1 Å². The first kappa shape index (κ1) is 19.2. The topological polar surface area (TPSA) is 119 Å². The first-order valence-electron chi connectivity index (χ1n) is 8.98. The van der Waals surface area contributed by atoms with Crippen LogP contribution in [0.25, 0.3) is 22.3 Å². The highest BCUT2D eigenvalue weighted by Gasteiger charge is 2.49. The van der Waals surface area contributed by atoms with Gasteiger partial charge in [-0.1, -0.05) is 12.1 Å². The predicted octanol–water partition coefficient (Wildman–Crippen LogP) is 2.84. The van der Waals surface area contributed by atoms with Gasteiger partial charge in [-0.2, -0.15) is 13.2 Å². The van der Waals surface area contributed by atoms with Gasteiger partial charge in [0.2, 0.25) is 0 Å². The Morgan fingerprint density at radius 2 is 2.07 bits per heavy atom. The molecule has 0 unspecified atom stereocenters. The number of carboxylic acids is 1. The summed E-state index contributed by atoms with van der Waals surface area (Å²) in [7, 11) is 0. The molecule has 1 aromatic carbocycles. The highest BCUT2D eigenvalue weighted by molar-refractivity contribution is 5.96. The van der Waals surface area contributed by atoms with Crippen molar-refractivity contribution in [3.8, 4) is 11.3 Å². The number of rotatable bonds is 5. The summed E-state index contributed by atoms with van der Waals surface area (Å²) in [6, 6.07) is 6.69. The van der Waals surface area contributed by atoms with Crippen LogP contribution in [0.5, 0.6) is 0 Å². The number of benzene rings is 1. The number of aromatic nitrogens is 3. The molecule has 1 saturated carbocycles. The molecule has 0 amide bonds. The molecule has 0 atom stereocenters. The van der Waals surface area contributed by atoms with Crippen LogP contribution >= 0.6 is 0 Å². The molecule has 0 aliphatic heterocycles. The number of aromatic carboxylic acids is 1. The van der Waals surface area contributed by atoms with Crippen LogP contribution in [0, 0.1) is 6.92 Å². The lowest BCUT2D eigenvalue weighted by atomic mass is 10.1. The standard InChI is InChI=1S/C19H18F3N5O2/c1-9-16(24-8-19(20,21)22)27-14-10(3-2-4-12(14)25-9)13-7-11(17(28)29)15(26-13)18(23)5-6-18/h2-4,7,26H,5-6,8,23H2,1H3,(H,24,27)(H,28,29)/p+1. The lowest BCUT2D eigenvalue weighted by molar-refractivity contribution is -0.447. The van der Waals surface area contributed by atoms with Crippen molar-refractivity contribution in [2.75, 3.05) is 11.9 Å². The van der Waals surface area contributed by atoms with Crippen molar-refractivity contribution >= 4 is 22.8 Å². The summed E-state index contributed by atoms with van der Waals surface area (Å²) in [4.78, 5) is 23.6. The zero-order valence-corrected chi connectivity index (χ0v) is 15.5. The zero-order valence-electron chi connectivity index (χ0n) is 15.5. The largest absolute Gasteiger partial charge is 0.478 e. The summed E-state index contributed by atoms with van der Waals surface area (Å²) in [6.45, 7) is 0.350. The van der Waals surface area contributed by atoms with Crippen LogP contribution in [0.3, 0.4) is 0 Å². The van der Waals surface area contributed by atoms with Gasteiger partial charge in [0.1, 0.15) is 23.4 Å². The van der Waals surface area contributed by atoms with E-state index in [4.69, 9.17) is 0 Å². The summed E-state index contributed by atoms with van der Waals surface area (Å²) in [5.41, 5.74) is 6.63. The van der Waals surface area contributed by atoms with Gasteiger partial charge in [-0.25, -0.2) is 14.8 Å². The fourth-order valence-corrected chi connectivity index (χ4v) is 3.32. The predicted molar refractivity (Wildman–Crippen MR) is 99.4 cm³/mol. The lowest BCUT2D eigenvalue weighted by Crippen LogP contribution is -2.61. The number of nitrogens with zero attached hydrogens (tertiary/aromatic N) is 2.